The first kappa shape index (κ1) is 15.3. The van der Waals surface area contributed by atoms with Gasteiger partial charge >= 0.3 is 5.97 Å². The van der Waals surface area contributed by atoms with Gasteiger partial charge in [-0.1, -0.05) is 11.6 Å². The molecule has 0 heterocycles. The van der Waals surface area contributed by atoms with Crippen molar-refractivity contribution < 1.29 is 14.6 Å². The molecule has 1 atom stereocenters. The summed E-state index contributed by atoms with van der Waals surface area (Å²) in [5.41, 5.74) is 0. The first-order valence-corrected chi connectivity index (χ1v) is 6.60. The Balaban J connectivity index is 2.44. The van der Waals surface area contributed by atoms with Crippen molar-refractivity contribution in [1.29, 1.82) is 0 Å². The lowest BCUT2D eigenvalue weighted by Crippen LogP contribution is -2.38. The fraction of sp³-hybridized carbons (Fsp3) is 0.417. The molecular weight excluding hydrogens is 321 g/mol. The monoisotopic (exact) mass is 335 g/mol. The van der Waals surface area contributed by atoms with Crippen LogP contribution >= 0.6 is 27.5 Å². The van der Waals surface area contributed by atoms with E-state index in [0.717, 1.165) is 4.47 Å². The van der Waals surface area contributed by atoms with Gasteiger partial charge in [-0.15, -0.1) is 0 Å². The van der Waals surface area contributed by atoms with Crippen molar-refractivity contribution in [3.8, 4) is 5.75 Å². The molecule has 18 heavy (non-hydrogen) atoms. The molecule has 0 aromatic heterocycles. The standard InChI is InChI=1S/C12H15BrClNO3/c1-8(12(16)17)15(2)5-6-18-11-4-3-9(14)7-10(11)13/h3-4,7-8H,5-6H2,1-2H3,(H,16,17). The van der Waals surface area contributed by atoms with E-state index in [0.29, 0.717) is 23.9 Å². The Kier molecular flexibility index (Phi) is 5.91. The largest absolute Gasteiger partial charge is 0.491 e. The van der Waals surface area contributed by atoms with Crippen molar-refractivity contribution >= 4 is 33.5 Å². The Hall–Kier alpha value is -0.780. The summed E-state index contributed by atoms with van der Waals surface area (Å²) in [6, 6.07) is 4.74. The zero-order valence-electron chi connectivity index (χ0n) is 10.2. The number of hydrogen-bond donors (Lipinski definition) is 1. The van der Waals surface area contributed by atoms with Crippen molar-refractivity contribution in [2.75, 3.05) is 20.2 Å². The van der Waals surface area contributed by atoms with Crippen LogP contribution in [0.1, 0.15) is 6.92 Å². The normalized spacial score (nSPS) is 12.5. The van der Waals surface area contributed by atoms with Crippen LogP contribution in [0.2, 0.25) is 5.02 Å². The fourth-order valence-electron chi connectivity index (χ4n) is 1.27. The van der Waals surface area contributed by atoms with Gasteiger partial charge in [0.25, 0.3) is 0 Å². The van der Waals surface area contributed by atoms with E-state index in [9.17, 15) is 4.79 Å². The number of hydrogen-bond acceptors (Lipinski definition) is 3. The van der Waals surface area contributed by atoms with Gasteiger partial charge in [-0.05, 0) is 48.1 Å². The van der Waals surface area contributed by atoms with Gasteiger partial charge in [-0.25, -0.2) is 0 Å². The molecule has 0 fully saturated rings. The molecule has 0 aliphatic heterocycles. The molecule has 1 aromatic rings. The van der Waals surface area contributed by atoms with Gasteiger partial charge in [0.2, 0.25) is 0 Å². The second-order valence-electron chi connectivity index (χ2n) is 3.92. The minimum absolute atomic E-state index is 0.411. The van der Waals surface area contributed by atoms with Crippen molar-refractivity contribution in [2.24, 2.45) is 0 Å². The predicted molar refractivity (Wildman–Crippen MR) is 74.4 cm³/mol. The van der Waals surface area contributed by atoms with Gasteiger partial charge < -0.3 is 9.84 Å². The molecule has 0 bridgehead atoms. The molecule has 100 valence electrons. The van der Waals surface area contributed by atoms with Gasteiger partial charge in [-0.2, -0.15) is 0 Å². The number of carboxylic acid groups (broad SMARTS) is 1. The molecule has 0 saturated heterocycles. The predicted octanol–water partition coefficient (Wildman–Crippen LogP) is 2.89. The number of nitrogens with zero attached hydrogens (tertiary/aromatic N) is 1. The Labute approximate surface area is 120 Å². The molecule has 1 N–H and O–H groups in total. The molecule has 1 aromatic carbocycles. The van der Waals surface area contributed by atoms with E-state index < -0.39 is 12.0 Å². The summed E-state index contributed by atoms with van der Waals surface area (Å²) in [6.45, 7) is 2.58. The summed E-state index contributed by atoms with van der Waals surface area (Å²) in [4.78, 5) is 12.5. The van der Waals surface area contributed by atoms with Crippen LogP contribution in [0.3, 0.4) is 0 Å². The van der Waals surface area contributed by atoms with E-state index in [1.54, 1.807) is 37.1 Å². The molecule has 0 aliphatic carbocycles. The highest BCUT2D eigenvalue weighted by Crippen LogP contribution is 2.27. The van der Waals surface area contributed by atoms with E-state index >= 15 is 0 Å². The fourth-order valence-corrected chi connectivity index (χ4v) is 2.07. The highest BCUT2D eigenvalue weighted by atomic mass is 79.9. The van der Waals surface area contributed by atoms with Crippen molar-refractivity contribution in [3.05, 3.63) is 27.7 Å². The van der Waals surface area contributed by atoms with Crippen LogP contribution in [0.5, 0.6) is 5.75 Å². The zero-order chi connectivity index (χ0) is 13.7. The van der Waals surface area contributed by atoms with Gasteiger partial charge in [0.15, 0.2) is 0 Å². The summed E-state index contributed by atoms with van der Waals surface area (Å²) in [6.07, 6.45) is 0. The summed E-state index contributed by atoms with van der Waals surface area (Å²) in [7, 11) is 1.75. The number of halogens is 2. The third-order valence-electron chi connectivity index (χ3n) is 2.61. The van der Waals surface area contributed by atoms with Crippen molar-refractivity contribution in [2.45, 2.75) is 13.0 Å². The molecule has 1 unspecified atom stereocenters. The van der Waals surface area contributed by atoms with E-state index in [-0.39, 0.29) is 0 Å². The summed E-state index contributed by atoms with van der Waals surface area (Å²) >= 11 is 9.17. The highest BCUT2D eigenvalue weighted by Gasteiger charge is 2.16. The van der Waals surface area contributed by atoms with E-state index in [2.05, 4.69) is 15.9 Å². The van der Waals surface area contributed by atoms with Crippen LogP contribution < -0.4 is 4.74 Å². The van der Waals surface area contributed by atoms with Crippen LogP contribution in [-0.2, 0) is 4.79 Å². The highest BCUT2D eigenvalue weighted by molar-refractivity contribution is 9.10. The van der Waals surface area contributed by atoms with Gasteiger partial charge in [0, 0.05) is 11.6 Å². The zero-order valence-corrected chi connectivity index (χ0v) is 12.5. The third-order valence-corrected chi connectivity index (χ3v) is 3.47. The molecule has 0 saturated carbocycles. The number of carboxylic acids is 1. The topological polar surface area (TPSA) is 49.8 Å². The van der Waals surface area contributed by atoms with Crippen LogP contribution in [0.4, 0.5) is 0 Å². The maximum absolute atomic E-state index is 10.8. The molecule has 6 heteroatoms. The number of aliphatic carboxylic acids is 1. The average Bonchev–Trinajstić information content (AvgIpc) is 2.30. The third kappa shape index (κ3) is 4.48. The minimum atomic E-state index is -0.842. The van der Waals surface area contributed by atoms with Gasteiger partial charge in [0.1, 0.15) is 18.4 Å². The summed E-state index contributed by atoms with van der Waals surface area (Å²) < 4.78 is 6.33. The van der Waals surface area contributed by atoms with E-state index in [1.165, 1.54) is 0 Å². The van der Waals surface area contributed by atoms with Crippen molar-refractivity contribution in [1.82, 2.24) is 4.90 Å². The van der Waals surface area contributed by atoms with Gasteiger partial charge in [-0.3, -0.25) is 9.69 Å². The molecule has 0 amide bonds. The first-order chi connectivity index (χ1) is 8.41. The first-order valence-electron chi connectivity index (χ1n) is 5.42. The lowest BCUT2D eigenvalue weighted by Gasteiger charge is -2.21. The van der Waals surface area contributed by atoms with Gasteiger partial charge in [0.05, 0.1) is 4.47 Å². The number of rotatable bonds is 6. The lowest BCUT2D eigenvalue weighted by atomic mass is 10.3. The second-order valence-corrected chi connectivity index (χ2v) is 5.21. The van der Waals surface area contributed by atoms with Crippen LogP contribution in [0, 0.1) is 0 Å². The Morgan fingerprint density at radius 2 is 2.28 bits per heavy atom. The molecule has 0 aliphatic rings. The Morgan fingerprint density at radius 3 is 2.83 bits per heavy atom. The maximum atomic E-state index is 10.8. The van der Waals surface area contributed by atoms with Crippen LogP contribution in [0.15, 0.2) is 22.7 Å². The SMILES string of the molecule is CC(C(=O)O)N(C)CCOc1ccc(Cl)cc1Br. The number of carbonyl (C=O) groups is 1. The molecule has 1 rings (SSSR count). The number of likely N-dealkylation sites (N-methyl/N-ethyl adjacent to an activating group) is 1. The summed E-state index contributed by atoms with van der Waals surface area (Å²) in [5.74, 6) is -0.152. The quantitative estimate of drug-likeness (QED) is 0.868. The maximum Gasteiger partial charge on any atom is 0.320 e. The average molecular weight is 337 g/mol. The van der Waals surface area contributed by atoms with Crippen LogP contribution in [0.25, 0.3) is 0 Å². The Bertz CT molecular complexity index is 428. The molecule has 0 radical (unpaired) electrons. The minimum Gasteiger partial charge on any atom is -0.491 e. The number of benzene rings is 1. The van der Waals surface area contributed by atoms with E-state index in [1.807, 2.05) is 0 Å². The Morgan fingerprint density at radius 1 is 1.61 bits per heavy atom. The molecular formula is C12H15BrClNO3. The van der Waals surface area contributed by atoms with Crippen molar-refractivity contribution in [3.63, 3.8) is 0 Å². The smallest absolute Gasteiger partial charge is 0.320 e. The molecule has 4 nitrogen and oxygen atoms in total. The number of ether oxygens (including phenoxy) is 1. The van der Waals surface area contributed by atoms with Crippen LogP contribution in [-0.4, -0.2) is 42.2 Å². The van der Waals surface area contributed by atoms with E-state index in [4.69, 9.17) is 21.4 Å². The molecule has 0 spiro atoms. The summed E-state index contributed by atoms with van der Waals surface area (Å²) in [5, 5.41) is 9.47. The second kappa shape index (κ2) is 6.97. The lowest BCUT2D eigenvalue weighted by molar-refractivity contribution is -0.142.